The number of carbonyl (C=O) groups is 1. The summed E-state index contributed by atoms with van der Waals surface area (Å²) in [6.45, 7) is 4.75. The van der Waals surface area contributed by atoms with E-state index >= 15 is 0 Å². The maximum Gasteiger partial charge on any atom is 0.290 e. The second-order valence-electron chi connectivity index (χ2n) is 4.45. The first-order valence-corrected chi connectivity index (χ1v) is 6.67. The van der Waals surface area contributed by atoms with Crippen LogP contribution in [0.1, 0.15) is 12.6 Å². The van der Waals surface area contributed by atoms with E-state index in [2.05, 4.69) is 5.32 Å². The van der Waals surface area contributed by atoms with Crippen LogP contribution in [0.5, 0.6) is 5.75 Å². The number of pyridine rings is 1. The SMILES string of the molecule is CCOc1ccccc1NC(=O)C[n+]1ccccc1C. The van der Waals surface area contributed by atoms with Crippen LogP contribution in [0.15, 0.2) is 48.7 Å². The Kier molecular flexibility index (Phi) is 4.71. The van der Waals surface area contributed by atoms with Crippen molar-refractivity contribution in [1.82, 2.24) is 0 Å². The third-order valence-electron chi connectivity index (χ3n) is 2.94. The molecule has 0 radical (unpaired) electrons. The van der Waals surface area contributed by atoms with Crippen molar-refractivity contribution in [3.8, 4) is 5.75 Å². The molecule has 1 N–H and O–H groups in total. The van der Waals surface area contributed by atoms with Gasteiger partial charge in [-0.1, -0.05) is 18.2 Å². The Labute approximate surface area is 119 Å². The minimum Gasteiger partial charge on any atom is -0.492 e. The smallest absolute Gasteiger partial charge is 0.290 e. The maximum atomic E-state index is 12.1. The number of nitrogens with one attached hydrogen (secondary N) is 1. The predicted molar refractivity (Wildman–Crippen MR) is 77.6 cm³/mol. The molecule has 1 heterocycles. The Morgan fingerprint density at radius 1 is 1.20 bits per heavy atom. The summed E-state index contributed by atoms with van der Waals surface area (Å²) in [5.74, 6) is 0.620. The number of aromatic nitrogens is 1. The van der Waals surface area contributed by atoms with Crippen molar-refractivity contribution < 1.29 is 14.1 Å². The van der Waals surface area contributed by atoms with E-state index in [4.69, 9.17) is 4.74 Å². The van der Waals surface area contributed by atoms with Crippen molar-refractivity contribution in [2.45, 2.75) is 20.4 Å². The van der Waals surface area contributed by atoms with Gasteiger partial charge in [0.2, 0.25) is 6.54 Å². The van der Waals surface area contributed by atoms with E-state index in [1.54, 1.807) is 0 Å². The molecule has 0 bridgehead atoms. The van der Waals surface area contributed by atoms with Gasteiger partial charge in [-0.3, -0.25) is 4.79 Å². The average molecular weight is 271 g/mol. The normalized spacial score (nSPS) is 10.1. The number of amides is 1. The Balaban J connectivity index is 2.07. The molecule has 2 aromatic rings. The summed E-state index contributed by atoms with van der Waals surface area (Å²) in [4.78, 5) is 12.1. The van der Waals surface area contributed by atoms with Crippen molar-refractivity contribution in [1.29, 1.82) is 0 Å². The molecule has 0 atom stereocenters. The third kappa shape index (κ3) is 3.57. The van der Waals surface area contributed by atoms with Gasteiger partial charge in [0.05, 0.1) is 12.3 Å². The molecular weight excluding hydrogens is 252 g/mol. The molecule has 2 rings (SSSR count). The molecule has 0 fully saturated rings. The highest BCUT2D eigenvalue weighted by Gasteiger charge is 2.13. The first kappa shape index (κ1) is 14.1. The van der Waals surface area contributed by atoms with Gasteiger partial charge in [0.1, 0.15) is 5.75 Å². The van der Waals surface area contributed by atoms with E-state index in [-0.39, 0.29) is 12.5 Å². The molecule has 104 valence electrons. The van der Waals surface area contributed by atoms with E-state index in [0.717, 1.165) is 5.69 Å². The van der Waals surface area contributed by atoms with Crippen LogP contribution in [0.3, 0.4) is 0 Å². The predicted octanol–water partition coefficient (Wildman–Crippen LogP) is 2.32. The molecule has 20 heavy (non-hydrogen) atoms. The Morgan fingerprint density at radius 2 is 1.95 bits per heavy atom. The van der Waals surface area contributed by atoms with Crippen LogP contribution >= 0.6 is 0 Å². The molecule has 0 aliphatic rings. The molecule has 0 saturated heterocycles. The second-order valence-corrected chi connectivity index (χ2v) is 4.45. The highest BCUT2D eigenvalue weighted by atomic mass is 16.5. The number of hydrogen-bond acceptors (Lipinski definition) is 2. The topological polar surface area (TPSA) is 42.2 Å². The molecule has 4 nitrogen and oxygen atoms in total. The van der Waals surface area contributed by atoms with Crippen molar-refractivity contribution in [2.24, 2.45) is 0 Å². The Bertz CT molecular complexity index is 597. The summed E-state index contributed by atoms with van der Waals surface area (Å²) >= 11 is 0. The van der Waals surface area contributed by atoms with Gasteiger partial charge >= 0.3 is 0 Å². The van der Waals surface area contributed by atoms with E-state index in [1.807, 2.05) is 67.1 Å². The second kappa shape index (κ2) is 6.70. The lowest BCUT2D eigenvalue weighted by molar-refractivity contribution is -0.690. The summed E-state index contributed by atoms with van der Waals surface area (Å²) in [5.41, 5.74) is 1.74. The highest BCUT2D eigenvalue weighted by molar-refractivity contribution is 5.91. The number of rotatable bonds is 5. The minimum absolute atomic E-state index is 0.0727. The standard InChI is InChI=1S/C16H18N2O2/c1-3-20-15-10-5-4-9-14(15)17-16(19)12-18-11-7-6-8-13(18)2/h4-11H,3,12H2,1-2H3/p+1. The van der Waals surface area contributed by atoms with Crippen LogP contribution in [0.25, 0.3) is 0 Å². The van der Waals surface area contributed by atoms with Gasteiger partial charge in [0.25, 0.3) is 5.91 Å². The molecule has 1 amide bonds. The van der Waals surface area contributed by atoms with Gasteiger partial charge in [0.15, 0.2) is 11.9 Å². The zero-order valence-electron chi connectivity index (χ0n) is 11.8. The number of nitrogens with zero attached hydrogens (tertiary/aromatic N) is 1. The first-order chi connectivity index (χ1) is 9.70. The molecule has 0 aliphatic heterocycles. The van der Waals surface area contributed by atoms with Gasteiger partial charge in [-0.25, -0.2) is 0 Å². The molecule has 0 unspecified atom stereocenters. The van der Waals surface area contributed by atoms with Crippen LogP contribution in [0, 0.1) is 6.92 Å². The summed E-state index contributed by atoms with van der Waals surface area (Å²) in [5, 5.41) is 2.89. The number of hydrogen-bond donors (Lipinski definition) is 1. The molecule has 1 aromatic heterocycles. The van der Waals surface area contributed by atoms with Crippen molar-refractivity contribution in [2.75, 3.05) is 11.9 Å². The summed E-state index contributed by atoms with van der Waals surface area (Å²) < 4.78 is 7.39. The zero-order valence-corrected chi connectivity index (χ0v) is 11.8. The maximum absolute atomic E-state index is 12.1. The van der Waals surface area contributed by atoms with Gasteiger partial charge < -0.3 is 10.1 Å². The van der Waals surface area contributed by atoms with Crippen molar-refractivity contribution >= 4 is 11.6 Å². The summed E-state index contributed by atoms with van der Waals surface area (Å²) in [6.07, 6.45) is 1.89. The lowest BCUT2D eigenvalue weighted by atomic mass is 10.3. The van der Waals surface area contributed by atoms with E-state index in [9.17, 15) is 4.79 Å². The van der Waals surface area contributed by atoms with E-state index < -0.39 is 0 Å². The summed E-state index contributed by atoms with van der Waals surface area (Å²) in [7, 11) is 0. The minimum atomic E-state index is -0.0727. The molecule has 0 saturated carbocycles. The number of benzene rings is 1. The first-order valence-electron chi connectivity index (χ1n) is 6.67. The number of ether oxygens (including phenoxy) is 1. The van der Waals surface area contributed by atoms with Crippen molar-refractivity contribution in [3.63, 3.8) is 0 Å². The molecule has 0 spiro atoms. The van der Waals surface area contributed by atoms with E-state index in [1.165, 1.54) is 0 Å². The van der Waals surface area contributed by atoms with Gasteiger partial charge in [-0.15, -0.1) is 0 Å². The highest BCUT2D eigenvalue weighted by Crippen LogP contribution is 2.23. The largest absolute Gasteiger partial charge is 0.492 e. The Morgan fingerprint density at radius 3 is 2.70 bits per heavy atom. The quantitative estimate of drug-likeness (QED) is 0.848. The molecule has 0 aliphatic carbocycles. The molecule has 4 heteroatoms. The van der Waals surface area contributed by atoms with Crippen LogP contribution in [0.4, 0.5) is 5.69 Å². The number of para-hydroxylation sites is 2. The Hall–Kier alpha value is -2.36. The summed E-state index contributed by atoms with van der Waals surface area (Å²) in [6, 6.07) is 13.3. The number of aryl methyl sites for hydroxylation is 1. The zero-order chi connectivity index (χ0) is 14.4. The van der Waals surface area contributed by atoms with Gasteiger partial charge in [-0.2, -0.15) is 4.57 Å². The van der Waals surface area contributed by atoms with Crippen molar-refractivity contribution in [3.05, 3.63) is 54.4 Å². The van der Waals surface area contributed by atoms with Crippen LogP contribution in [-0.2, 0) is 11.3 Å². The molecular formula is C16H19N2O2+. The average Bonchev–Trinajstić information content (AvgIpc) is 2.44. The monoisotopic (exact) mass is 271 g/mol. The van der Waals surface area contributed by atoms with Gasteiger partial charge in [-0.05, 0) is 19.1 Å². The lowest BCUT2D eigenvalue weighted by Gasteiger charge is -2.10. The fourth-order valence-corrected chi connectivity index (χ4v) is 1.93. The van der Waals surface area contributed by atoms with Crippen LogP contribution in [-0.4, -0.2) is 12.5 Å². The fraction of sp³-hybridized carbons (Fsp3) is 0.250. The number of anilines is 1. The fourth-order valence-electron chi connectivity index (χ4n) is 1.93. The van der Waals surface area contributed by atoms with Crippen LogP contribution in [0.2, 0.25) is 0 Å². The van der Waals surface area contributed by atoms with E-state index in [0.29, 0.717) is 18.0 Å². The van der Waals surface area contributed by atoms with Gasteiger partial charge in [0, 0.05) is 19.1 Å². The molecule has 1 aromatic carbocycles. The van der Waals surface area contributed by atoms with Crippen LogP contribution < -0.4 is 14.6 Å². The third-order valence-corrected chi connectivity index (χ3v) is 2.94. The number of carbonyl (C=O) groups excluding carboxylic acids is 1. The lowest BCUT2D eigenvalue weighted by Crippen LogP contribution is -2.42.